The number of ether oxygens (including phenoxy) is 1. The second-order valence-electron chi connectivity index (χ2n) is 5.33. The van der Waals surface area contributed by atoms with Crippen LogP contribution in [-0.2, 0) is 10.5 Å². The van der Waals surface area contributed by atoms with E-state index in [4.69, 9.17) is 4.74 Å². The molecule has 0 aliphatic carbocycles. The van der Waals surface area contributed by atoms with E-state index < -0.39 is 0 Å². The van der Waals surface area contributed by atoms with Gasteiger partial charge in [0, 0.05) is 11.3 Å². The van der Waals surface area contributed by atoms with Gasteiger partial charge >= 0.3 is 5.97 Å². The third kappa shape index (κ3) is 3.83. The number of aromatic amines is 1. The molecular formula is C18H17N3O2S. The average molecular weight is 339 g/mol. The lowest BCUT2D eigenvalue weighted by molar-refractivity contribution is 0.0600. The van der Waals surface area contributed by atoms with Crippen molar-refractivity contribution in [1.82, 2.24) is 15.2 Å². The number of aryl methyl sites for hydroxylation is 1. The van der Waals surface area contributed by atoms with Gasteiger partial charge in [-0.2, -0.15) is 0 Å². The Hall–Kier alpha value is -2.60. The van der Waals surface area contributed by atoms with Crippen molar-refractivity contribution in [3.8, 4) is 11.4 Å². The predicted molar refractivity (Wildman–Crippen MR) is 93.9 cm³/mol. The largest absolute Gasteiger partial charge is 0.465 e. The number of H-pyrrole nitrogens is 1. The van der Waals surface area contributed by atoms with E-state index in [1.165, 1.54) is 12.7 Å². The maximum Gasteiger partial charge on any atom is 0.337 e. The second kappa shape index (κ2) is 7.31. The zero-order valence-electron chi connectivity index (χ0n) is 13.4. The van der Waals surface area contributed by atoms with Gasteiger partial charge in [-0.1, -0.05) is 47.7 Å². The highest BCUT2D eigenvalue weighted by Gasteiger charge is 2.08. The number of benzene rings is 2. The minimum atomic E-state index is -0.327. The SMILES string of the molecule is COC(=O)c1ccc(CSc2nnc(-c3cccc(C)c3)[nH]2)cc1. The highest BCUT2D eigenvalue weighted by molar-refractivity contribution is 7.98. The maximum absolute atomic E-state index is 11.4. The summed E-state index contributed by atoms with van der Waals surface area (Å²) in [6.45, 7) is 2.05. The molecule has 5 nitrogen and oxygen atoms in total. The molecule has 0 atom stereocenters. The van der Waals surface area contributed by atoms with E-state index >= 15 is 0 Å². The summed E-state index contributed by atoms with van der Waals surface area (Å²) in [5.74, 6) is 1.18. The normalized spacial score (nSPS) is 10.6. The quantitative estimate of drug-likeness (QED) is 0.565. The van der Waals surface area contributed by atoms with Crippen LogP contribution in [0.1, 0.15) is 21.5 Å². The molecule has 0 radical (unpaired) electrons. The Morgan fingerprint density at radius 2 is 1.96 bits per heavy atom. The second-order valence-corrected chi connectivity index (χ2v) is 6.29. The molecule has 0 saturated heterocycles. The first kappa shape index (κ1) is 16.3. The number of rotatable bonds is 5. The van der Waals surface area contributed by atoms with E-state index in [2.05, 4.69) is 21.2 Å². The van der Waals surface area contributed by atoms with Crippen LogP contribution in [0.3, 0.4) is 0 Å². The van der Waals surface area contributed by atoms with Crippen LogP contribution >= 0.6 is 11.8 Å². The number of aromatic nitrogens is 3. The van der Waals surface area contributed by atoms with Gasteiger partial charge in [-0.05, 0) is 30.7 Å². The van der Waals surface area contributed by atoms with Crippen molar-refractivity contribution in [2.45, 2.75) is 17.8 Å². The zero-order chi connectivity index (χ0) is 16.9. The zero-order valence-corrected chi connectivity index (χ0v) is 14.3. The number of thioether (sulfide) groups is 1. The average Bonchev–Trinajstić information content (AvgIpc) is 3.09. The molecule has 6 heteroatoms. The fourth-order valence-corrected chi connectivity index (χ4v) is 3.00. The highest BCUT2D eigenvalue weighted by atomic mass is 32.2. The van der Waals surface area contributed by atoms with Crippen molar-refractivity contribution in [1.29, 1.82) is 0 Å². The Morgan fingerprint density at radius 1 is 1.17 bits per heavy atom. The number of methoxy groups -OCH3 is 1. The van der Waals surface area contributed by atoms with Gasteiger partial charge in [-0.25, -0.2) is 4.79 Å². The van der Waals surface area contributed by atoms with Gasteiger partial charge in [0.05, 0.1) is 12.7 Å². The minimum absolute atomic E-state index is 0.327. The third-order valence-corrected chi connectivity index (χ3v) is 4.44. The minimum Gasteiger partial charge on any atom is -0.465 e. The van der Waals surface area contributed by atoms with Gasteiger partial charge in [0.25, 0.3) is 0 Å². The van der Waals surface area contributed by atoms with Crippen LogP contribution in [0.15, 0.2) is 53.7 Å². The van der Waals surface area contributed by atoms with Crippen LogP contribution in [0.5, 0.6) is 0 Å². The topological polar surface area (TPSA) is 67.9 Å². The van der Waals surface area contributed by atoms with Crippen molar-refractivity contribution in [3.05, 3.63) is 65.2 Å². The van der Waals surface area contributed by atoms with Crippen LogP contribution < -0.4 is 0 Å². The van der Waals surface area contributed by atoms with Gasteiger partial charge in [0.1, 0.15) is 0 Å². The summed E-state index contributed by atoms with van der Waals surface area (Å²) < 4.78 is 4.69. The molecule has 0 unspecified atom stereocenters. The fourth-order valence-electron chi connectivity index (χ4n) is 2.24. The fraction of sp³-hybridized carbons (Fsp3) is 0.167. The summed E-state index contributed by atoms with van der Waals surface area (Å²) in [7, 11) is 1.38. The number of nitrogens with one attached hydrogen (secondary N) is 1. The third-order valence-electron chi connectivity index (χ3n) is 3.51. The van der Waals surface area contributed by atoms with Gasteiger partial charge in [0.15, 0.2) is 11.0 Å². The number of hydrogen-bond acceptors (Lipinski definition) is 5. The van der Waals surface area contributed by atoms with Crippen LogP contribution in [-0.4, -0.2) is 28.3 Å². The lowest BCUT2D eigenvalue weighted by atomic mass is 10.1. The Bertz CT molecular complexity index is 843. The molecule has 3 aromatic rings. The summed E-state index contributed by atoms with van der Waals surface area (Å²) in [5, 5.41) is 9.15. The summed E-state index contributed by atoms with van der Waals surface area (Å²) in [5.41, 5.74) is 3.86. The van der Waals surface area contributed by atoms with Crippen molar-refractivity contribution in [3.63, 3.8) is 0 Å². The van der Waals surface area contributed by atoms with Gasteiger partial charge in [-0.15, -0.1) is 10.2 Å². The Morgan fingerprint density at radius 3 is 2.67 bits per heavy atom. The van der Waals surface area contributed by atoms with Gasteiger partial charge < -0.3 is 9.72 Å². The standard InChI is InChI=1S/C18H17N3O2S/c1-12-4-3-5-15(10-12)16-19-18(21-20-16)24-11-13-6-8-14(9-7-13)17(22)23-2/h3-10H,11H2,1-2H3,(H,19,20,21). The van der Waals surface area contributed by atoms with Gasteiger partial charge in [0.2, 0.25) is 0 Å². The van der Waals surface area contributed by atoms with Crippen molar-refractivity contribution < 1.29 is 9.53 Å². The molecule has 1 N–H and O–H groups in total. The number of carbonyl (C=O) groups is 1. The van der Waals surface area contributed by atoms with E-state index in [-0.39, 0.29) is 5.97 Å². The summed E-state index contributed by atoms with van der Waals surface area (Å²) in [6, 6.07) is 15.5. The molecular weight excluding hydrogens is 322 g/mol. The summed E-state index contributed by atoms with van der Waals surface area (Å²) >= 11 is 1.57. The Balaban J connectivity index is 1.64. The molecule has 2 aromatic carbocycles. The van der Waals surface area contributed by atoms with E-state index in [0.717, 1.165) is 27.9 Å². The van der Waals surface area contributed by atoms with Crippen molar-refractivity contribution in [2.24, 2.45) is 0 Å². The van der Waals surface area contributed by atoms with Gasteiger partial charge in [-0.3, -0.25) is 0 Å². The molecule has 0 aliphatic heterocycles. The first-order valence-electron chi connectivity index (χ1n) is 7.45. The molecule has 0 spiro atoms. The van der Waals surface area contributed by atoms with Crippen molar-refractivity contribution in [2.75, 3.05) is 7.11 Å². The Labute approximate surface area is 144 Å². The van der Waals surface area contributed by atoms with Crippen LogP contribution in [0.25, 0.3) is 11.4 Å². The van der Waals surface area contributed by atoms with Crippen LogP contribution in [0.2, 0.25) is 0 Å². The highest BCUT2D eigenvalue weighted by Crippen LogP contribution is 2.23. The van der Waals surface area contributed by atoms with Crippen LogP contribution in [0, 0.1) is 6.92 Å². The van der Waals surface area contributed by atoms with Crippen molar-refractivity contribution >= 4 is 17.7 Å². The number of esters is 1. The molecule has 1 heterocycles. The molecule has 0 aliphatic rings. The summed E-state index contributed by atoms with van der Waals surface area (Å²) in [4.78, 5) is 14.6. The molecule has 0 amide bonds. The molecule has 1 aromatic heterocycles. The van der Waals surface area contributed by atoms with E-state index in [1.807, 2.05) is 37.3 Å². The predicted octanol–water partition coefficient (Wildman–Crippen LogP) is 3.86. The Kier molecular flexibility index (Phi) is 4.96. The number of nitrogens with zero attached hydrogens (tertiary/aromatic N) is 2. The van der Waals surface area contributed by atoms with E-state index in [9.17, 15) is 4.79 Å². The molecule has 3 rings (SSSR count). The number of carbonyl (C=O) groups excluding carboxylic acids is 1. The maximum atomic E-state index is 11.4. The smallest absolute Gasteiger partial charge is 0.337 e. The lowest BCUT2D eigenvalue weighted by Crippen LogP contribution is -2.00. The summed E-state index contributed by atoms with van der Waals surface area (Å²) in [6.07, 6.45) is 0. The van der Waals surface area contributed by atoms with E-state index in [1.54, 1.807) is 23.9 Å². The van der Waals surface area contributed by atoms with E-state index in [0.29, 0.717) is 5.56 Å². The van der Waals surface area contributed by atoms with Crippen LogP contribution in [0.4, 0.5) is 0 Å². The number of hydrogen-bond donors (Lipinski definition) is 1. The lowest BCUT2D eigenvalue weighted by Gasteiger charge is -2.02. The molecule has 0 fully saturated rings. The molecule has 122 valence electrons. The first-order chi connectivity index (χ1) is 11.7. The molecule has 0 saturated carbocycles. The molecule has 24 heavy (non-hydrogen) atoms. The monoisotopic (exact) mass is 339 g/mol. The molecule has 0 bridgehead atoms. The first-order valence-corrected chi connectivity index (χ1v) is 8.44.